The van der Waals surface area contributed by atoms with Crippen LogP contribution in [0.1, 0.15) is 0 Å². The van der Waals surface area contributed by atoms with Gasteiger partial charge in [-0.05, 0) is 12.1 Å². The van der Waals surface area contributed by atoms with E-state index in [1.807, 2.05) is 72.8 Å². The Hall–Kier alpha value is -2.61. The summed E-state index contributed by atoms with van der Waals surface area (Å²) in [7, 11) is 0. The standard InChI is InChI=1S/C17H14N2/c18-15-11-12-16(13-7-3-1-4-8-13)19-17(15)14-9-5-2-6-10-14/h1-12H,18H2. The number of hydrogen-bond acceptors (Lipinski definition) is 2. The van der Waals surface area contributed by atoms with E-state index in [1.165, 1.54) is 0 Å². The summed E-state index contributed by atoms with van der Waals surface area (Å²) >= 11 is 0. The van der Waals surface area contributed by atoms with E-state index in [9.17, 15) is 0 Å². The minimum Gasteiger partial charge on any atom is -0.397 e. The maximum absolute atomic E-state index is 6.04. The maximum atomic E-state index is 6.04. The Kier molecular flexibility index (Phi) is 2.99. The van der Waals surface area contributed by atoms with Gasteiger partial charge in [0.1, 0.15) is 0 Å². The van der Waals surface area contributed by atoms with Gasteiger partial charge in [0.2, 0.25) is 0 Å². The highest BCUT2D eigenvalue weighted by molar-refractivity contribution is 5.75. The van der Waals surface area contributed by atoms with Crippen LogP contribution < -0.4 is 5.73 Å². The Morgan fingerprint density at radius 3 is 1.84 bits per heavy atom. The first kappa shape index (κ1) is 11.5. The predicted molar refractivity (Wildman–Crippen MR) is 79.5 cm³/mol. The number of pyridine rings is 1. The van der Waals surface area contributed by atoms with Crippen LogP contribution in [0.25, 0.3) is 22.5 Å². The van der Waals surface area contributed by atoms with Crippen molar-refractivity contribution in [2.75, 3.05) is 5.73 Å². The van der Waals surface area contributed by atoms with Gasteiger partial charge in [0, 0.05) is 11.1 Å². The Bertz CT molecular complexity index is 676. The largest absolute Gasteiger partial charge is 0.397 e. The molecule has 0 amide bonds. The highest BCUT2D eigenvalue weighted by atomic mass is 14.8. The summed E-state index contributed by atoms with van der Waals surface area (Å²) in [6, 6.07) is 24.0. The summed E-state index contributed by atoms with van der Waals surface area (Å²) in [5.41, 5.74) is 10.6. The minimum absolute atomic E-state index is 0.700. The number of rotatable bonds is 2. The number of anilines is 1. The van der Waals surface area contributed by atoms with Gasteiger partial charge in [-0.2, -0.15) is 0 Å². The molecule has 0 fully saturated rings. The fourth-order valence-corrected chi connectivity index (χ4v) is 2.07. The van der Waals surface area contributed by atoms with Crippen LogP contribution in [-0.4, -0.2) is 4.98 Å². The summed E-state index contributed by atoms with van der Waals surface area (Å²) in [6.07, 6.45) is 0. The second-order valence-electron chi connectivity index (χ2n) is 4.37. The van der Waals surface area contributed by atoms with Crippen molar-refractivity contribution in [3.05, 3.63) is 72.8 Å². The quantitative estimate of drug-likeness (QED) is 0.742. The van der Waals surface area contributed by atoms with E-state index < -0.39 is 0 Å². The monoisotopic (exact) mass is 246 g/mol. The van der Waals surface area contributed by atoms with Crippen LogP contribution in [0.4, 0.5) is 5.69 Å². The Balaban J connectivity index is 2.12. The van der Waals surface area contributed by atoms with Gasteiger partial charge in [-0.3, -0.25) is 0 Å². The van der Waals surface area contributed by atoms with Crippen LogP contribution in [-0.2, 0) is 0 Å². The molecule has 0 saturated heterocycles. The fraction of sp³-hybridized carbons (Fsp3) is 0. The molecule has 1 heterocycles. The van der Waals surface area contributed by atoms with Crippen molar-refractivity contribution in [3.8, 4) is 22.5 Å². The third-order valence-corrected chi connectivity index (χ3v) is 3.04. The second kappa shape index (κ2) is 4.94. The number of nitrogens with two attached hydrogens (primary N) is 1. The maximum Gasteiger partial charge on any atom is 0.0938 e. The molecule has 1 aromatic heterocycles. The van der Waals surface area contributed by atoms with Crippen molar-refractivity contribution in [2.45, 2.75) is 0 Å². The van der Waals surface area contributed by atoms with Crippen molar-refractivity contribution in [1.82, 2.24) is 4.98 Å². The van der Waals surface area contributed by atoms with Gasteiger partial charge in [0.25, 0.3) is 0 Å². The third-order valence-electron chi connectivity index (χ3n) is 3.04. The van der Waals surface area contributed by atoms with Crippen molar-refractivity contribution in [3.63, 3.8) is 0 Å². The lowest BCUT2D eigenvalue weighted by molar-refractivity contribution is 1.32. The lowest BCUT2D eigenvalue weighted by Gasteiger charge is -2.08. The molecule has 3 aromatic rings. The molecule has 3 rings (SSSR count). The smallest absolute Gasteiger partial charge is 0.0938 e. The van der Waals surface area contributed by atoms with Gasteiger partial charge < -0.3 is 5.73 Å². The van der Waals surface area contributed by atoms with E-state index in [4.69, 9.17) is 5.73 Å². The topological polar surface area (TPSA) is 38.9 Å². The average molecular weight is 246 g/mol. The zero-order valence-corrected chi connectivity index (χ0v) is 10.5. The molecule has 2 N–H and O–H groups in total. The lowest BCUT2D eigenvalue weighted by atomic mass is 10.1. The first-order valence-corrected chi connectivity index (χ1v) is 6.22. The van der Waals surface area contributed by atoms with E-state index >= 15 is 0 Å². The van der Waals surface area contributed by atoms with Gasteiger partial charge >= 0.3 is 0 Å². The zero-order valence-electron chi connectivity index (χ0n) is 10.5. The summed E-state index contributed by atoms with van der Waals surface area (Å²) in [5, 5.41) is 0. The third kappa shape index (κ3) is 2.33. The summed E-state index contributed by atoms with van der Waals surface area (Å²) in [6.45, 7) is 0. The van der Waals surface area contributed by atoms with Crippen molar-refractivity contribution in [2.24, 2.45) is 0 Å². The molecule has 0 aliphatic rings. The summed E-state index contributed by atoms with van der Waals surface area (Å²) in [5.74, 6) is 0. The molecule has 2 heteroatoms. The lowest BCUT2D eigenvalue weighted by Crippen LogP contribution is -1.95. The molecule has 0 atom stereocenters. The van der Waals surface area contributed by atoms with Gasteiger partial charge in [-0.15, -0.1) is 0 Å². The van der Waals surface area contributed by atoms with E-state index in [1.54, 1.807) is 0 Å². The highest BCUT2D eigenvalue weighted by Crippen LogP contribution is 2.27. The van der Waals surface area contributed by atoms with E-state index in [-0.39, 0.29) is 0 Å². The number of aromatic nitrogens is 1. The second-order valence-corrected chi connectivity index (χ2v) is 4.37. The van der Waals surface area contributed by atoms with Crippen LogP contribution in [0, 0.1) is 0 Å². The summed E-state index contributed by atoms with van der Waals surface area (Å²) < 4.78 is 0. The molecule has 0 bridgehead atoms. The van der Waals surface area contributed by atoms with E-state index in [0.717, 1.165) is 22.5 Å². The normalized spacial score (nSPS) is 10.3. The molecule has 2 aromatic carbocycles. The van der Waals surface area contributed by atoms with Crippen molar-refractivity contribution in [1.29, 1.82) is 0 Å². The fourth-order valence-electron chi connectivity index (χ4n) is 2.07. The molecule has 2 nitrogen and oxygen atoms in total. The number of nitrogen functional groups attached to an aromatic ring is 1. The van der Waals surface area contributed by atoms with Gasteiger partial charge in [0.15, 0.2) is 0 Å². The summed E-state index contributed by atoms with van der Waals surface area (Å²) in [4.78, 5) is 4.69. The van der Waals surface area contributed by atoms with Crippen LogP contribution >= 0.6 is 0 Å². The van der Waals surface area contributed by atoms with E-state index in [2.05, 4.69) is 4.98 Å². The molecule has 0 unspecified atom stereocenters. The van der Waals surface area contributed by atoms with Crippen LogP contribution in [0.3, 0.4) is 0 Å². The highest BCUT2D eigenvalue weighted by Gasteiger charge is 2.06. The van der Waals surface area contributed by atoms with Crippen molar-refractivity contribution < 1.29 is 0 Å². The SMILES string of the molecule is Nc1ccc(-c2ccccc2)nc1-c1ccccc1. The zero-order chi connectivity index (χ0) is 13.1. The molecule has 92 valence electrons. The Labute approximate surface area is 112 Å². The van der Waals surface area contributed by atoms with Gasteiger partial charge in [0.05, 0.1) is 17.1 Å². The predicted octanol–water partition coefficient (Wildman–Crippen LogP) is 4.00. The van der Waals surface area contributed by atoms with Gasteiger partial charge in [-0.1, -0.05) is 60.7 Å². The van der Waals surface area contributed by atoms with Crippen LogP contribution in [0.5, 0.6) is 0 Å². The van der Waals surface area contributed by atoms with Crippen LogP contribution in [0.2, 0.25) is 0 Å². The molecule has 0 aliphatic heterocycles. The molecule has 19 heavy (non-hydrogen) atoms. The number of benzene rings is 2. The Morgan fingerprint density at radius 2 is 1.21 bits per heavy atom. The molecule has 0 saturated carbocycles. The molecule has 0 aliphatic carbocycles. The average Bonchev–Trinajstić information content (AvgIpc) is 2.49. The van der Waals surface area contributed by atoms with Crippen LogP contribution in [0.15, 0.2) is 72.8 Å². The molecular weight excluding hydrogens is 232 g/mol. The minimum atomic E-state index is 0.700. The molecular formula is C17H14N2. The van der Waals surface area contributed by atoms with Gasteiger partial charge in [-0.25, -0.2) is 4.98 Å². The first-order chi connectivity index (χ1) is 9.34. The first-order valence-electron chi connectivity index (χ1n) is 6.22. The molecule has 0 spiro atoms. The molecule has 0 radical (unpaired) electrons. The van der Waals surface area contributed by atoms with E-state index in [0.29, 0.717) is 5.69 Å². The van der Waals surface area contributed by atoms with Crippen molar-refractivity contribution >= 4 is 5.69 Å². The number of hydrogen-bond donors (Lipinski definition) is 1. The number of nitrogens with zero attached hydrogens (tertiary/aromatic N) is 1. The Morgan fingerprint density at radius 1 is 0.632 bits per heavy atom.